The Morgan fingerprint density at radius 3 is 2.90 bits per heavy atom. The van der Waals surface area contributed by atoms with Crippen molar-refractivity contribution in [3.05, 3.63) is 16.8 Å². The Morgan fingerprint density at radius 1 is 1.57 bits per heavy atom. The quantitative estimate of drug-likeness (QED) is 0.868. The Labute approximate surface area is 128 Å². The molecule has 2 aliphatic carbocycles. The van der Waals surface area contributed by atoms with Gasteiger partial charge in [-0.1, -0.05) is 18.0 Å². The summed E-state index contributed by atoms with van der Waals surface area (Å²) in [6.07, 6.45) is 4.71. The van der Waals surface area contributed by atoms with Gasteiger partial charge in [0.2, 0.25) is 0 Å². The molecule has 0 saturated heterocycles. The molecule has 1 heterocycles. The number of hydrogen-bond donors (Lipinski definition) is 2. The second-order valence-electron chi connectivity index (χ2n) is 5.76. The molecule has 0 bridgehead atoms. The molecule has 1 aromatic heterocycles. The van der Waals surface area contributed by atoms with Gasteiger partial charge in [-0.25, -0.2) is 0 Å². The summed E-state index contributed by atoms with van der Waals surface area (Å²) in [4.78, 5) is 11.5. The standard InChI is InChI=1S/C14H19ClN4O2/c1-2-21-10-7-9(14(10)4-3-5-14)17-13-8(12(16)20)6-11(15)18-19-13/h6,9-10H,2-5,7H2,1H3,(H2,16,20)(H,17,19). The maximum absolute atomic E-state index is 11.5. The summed E-state index contributed by atoms with van der Waals surface area (Å²) in [5.74, 6) is -0.143. The van der Waals surface area contributed by atoms with Crippen molar-refractivity contribution >= 4 is 23.3 Å². The van der Waals surface area contributed by atoms with E-state index in [1.54, 1.807) is 0 Å². The fourth-order valence-electron chi connectivity index (χ4n) is 3.47. The summed E-state index contributed by atoms with van der Waals surface area (Å²) in [6, 6.07) is 1.70. The van der Waals surface area contributed by atoms with E-state index in [-0.39, 0.29) is 22.2 Å². The highest BCUT2D eigenvalue weighted by molar-refractivity contribution is 6.29. The number of nitrogens with two attached hydrogens (primary N) is 1. The molecule has 3 rings (SSSR count). The molecular weight excluding hydrogens is 292 g/mol. The van der Waals surface area contributed by atoms with Gasteiger partial charge in [-0.05, 0) is 32.3 Å². The van der Waals surface area contributed by atoms with Gasteiger partial charge < -0.3 is 15.8 Å². The minimum absolute atomic E-state index is 0.161. The monoisotopic (exact) mass is 310 g/mol. The average molecular weight is 311 g/mol. The molecule has 0 radical (unpaired) electrons. The number of carbonyl (C=O) groups excluding carboxylic acids is 1. The number of rotatable bonds is 5. The van der Waals surface area contributed by atoms with Crippen LogP contribution >= 0.6 is 11.6 Å². The SMILES string of the molecule is CCOC1CC(Nc2nnc(Cl)cc2C(N)=O)C12CCC2. The van der Waals surface area contributed by atoms with Gasteiger partial charge in [-0.15, -0.1) is 10.2 Å². The number of halogens is 1. The van der Waals surface area contributed by atoms with Gasteiger partial charge in [0.05, 0.1) is 11.7 Å². The van der Waals surface area contributed by atoms with Crippen molar-refractivity contribution in [3.8, 4) is 0 Å². The predicted molar refractivity (Wildman–Crippen MR) is 79.3 cm³/mol. The first-order chi connectivity index (χ1) is 10.1. The van der Waals surface area contributed by atoms with Crippen LogP contribution in [0.25, 0.3) is 0 Å². The Bertz CT molecular complexity index is 562. The highest BCUT2D eigenvalue weighted by Crippen LogP contribution is 2.58. The molecule has 7 heteroatoms. The Balaban J connectivity index is 1.77. The molecule has 114 valence electrons. The Hall–Kier alpha value is -1.40. The van der Waals surface area contributed by atoms with Crippen molar-refractivity contribution in [2.45, 2.75) is 44.8 Å². The van der Waals surface area contributed by atoms with Crippen LogP contribution in [0.15, 0.2) is 6.07 Å². The summed E-state index contributed by atoms with van der Waals surface area (Å²) in [5.41, 5.74) is 5.83. The smallest absolute Gasteiger partial charge is 0.252 e. The Morgan fingerprint density at radius 2 is 2.33 bits per heavy atom. The van der Waals surface area contributed by atoms with Crippen LogP contribution in [-0.2, 0) is 4.74 Å². The van der Waals surface area contributed by atoms with Gasteiger partial charge in [-0.2, -0.15) is 0 Å². The third-order valence-electron chi connectivity index (χ3n) is 4.78. The normalized spacial score (nSPS) is 26.0. The topological polar surface area (TPSA) is 90.1 Å². The van der Waals surface area contributed by atoms with E-state index in [0.717, 1.165) is 25.9 Å². The van der Waals surface area contributed by atoms with Crippen LogP contribution in [0.4, 0.5) is 5.82 Å². The van der Waals surface area contributed by atoms with Gasteiger partial charge in [0.15, 0.2) is 11.0 Å². The molecule has 2 saturated carbocycles. The molecule has 2 fully saturated rings. The second-order valence-corrected chi connectivity index (χ2v) is 6.14. The molecule has 2 atom stereocenters. The molecule has 1 spiro atoms. The van der Waals surface area contributed by atoms with Crippen LogP contribution in [0.1, 0.15) is 43.0 Å². The lowest BCUT2D eigenvalue weighted by Crippen LogP contribution is -2.64. The lowest BCUT2D eigenvalue weighted by atomic mass is 9.51. The molecule has 2 unspecified atom stereocenters. The van der Waals surface area contributed by atoms with Crippen LogP contribution in [0.2, 0.25) is 5.15 Å². The first-order valence-electron chi connectivity index (χ1n) is 7.28. The number of ether oxygens (including phenoxy) is 1. The number of primary amides is 1. The molecular formula is C14H19ClN4O2. The lowest BCUT2D eigenvalue weighted by Gasteiger charge is -2.61. The van der Waals surface area contributed by atoms with Crippen molar-refractivity contribution in [2.75, 3.05) is 11.9 Å². The number of aromatic nitrogens is 2. The van der Waals surface area contributed by atoms with Gasteiger partial charge in [0.25, 0.3) is 5.91 Å². The molecule has 0 aromatic carbocycles. The van der Waals surface area contributed by atoms with E-state index in [2.05, 4.69) is 15.5 Å². The van der Waals surface area contributed by atoms with Crippen molar-refractivity contribution < 1.29 is 9.53 Å². The second kappa shape index (κ2) is 5.42. The number of nitrogens with one attached hydrogen (secondary N) is 1. The number of anilines is 1. The number of hydrogen-bond acceptors (Lipinski definition) is 5. The summed E-state index contributed by atoms with van der Waals surface area (Å²) in [6.45, 7) is 2.75. The van der Waals surface area contributed by atoms with Crippen molar-refractivity contribution in [1.82, 2.24) is 10.2 Å². The highest BCUT2D eigenvalue weighted by atomic mass is 35.5. The fraction of sp³-hybridized carbons (Fsp3) is 0.643. The molecule has 2 aliphatic rings. The van der Waals surface area contributed by atoms with E-state index in [9.17, 15) is 4.79 Å². The van der Waals surface area contributed by atoms with Gasteiger partial charge >= 0.3 is 0 Å². The van der Waals surface area contributed by atoms with Crippen molar-refractivity contribution in [2.24, 2.45) is 11.1 Å². The zero-order chi connectivity index (χ0) is 15.0. The van der Waals surface area contributed by atoms with Gasteiger partial charge in [-0.3, -0.25) is 4.79 Å². The molecule has 6 nitrogen and oxygen atoms in total. The Kier molecular flexibility index (Phi) is 3.75. The van der Waals surface area contributed by atoms with E-state index in [4.69, 9.17) is 22.1 Å². The highest BCUT2D eigenvalue weighted by Gasteiger charge is 2.59. The zero-order valence-electron chi connectivity index (χ0n) is 11.9. The summed E-state index contributed by atoms with van der Waals surface area (Å²) < 4.78 is 5.81. The van der Waals surface area contributed by atoms with Gasteiger partial charge in [0.1, 0.15) is 0 Å². The van der Waals surface area contributed by atoms with Crippen LogP contribution in [0.3, 0.4) is 0 Å². The molecule has 3 N–H and O–H groups in total. The van der Waals surface area contributed by atoms with Crippen LogP contribution in [0.5, 0.6) is 0 Å². The van der Waals surface area contributed by atoms with Crippen LogP contribution in [0, 0.1) is 5.41 Å². The van der Waals surface area contributed by atoms with E-state index >= 15 is 0 Å². The van der Waals surface area contributed by atoms with Crippen molar-refractivity contribution in [3.63, 3.8) is 0 Å². The molecule has 1 aromatic rings. The third kappa shape index (κ3) is 2.36. The summed E-state index contributed by atoms with van der Waals surface area (Å²) in [7, 11) is 0. The molecule has 0 aliphatic heterocycles. The van der Waals surface area contributed by atoms with E-state index in [1.807, 2.05) is 6.92 Å². The van der Waals surface area contributed by atoms with Gasteiger partial charge in [0, 0.05) is 18.1 Å². The minimum Gasteiger partial charge on any atom is -0.378 e. The third-order valence-corrected chi connectivity index (χ3v) is 4.96. The number of amides is 1. The lowest BCUT2D eigenvalue weighted by molar-refractivity contribution is -0.157. The molecule has 21 heavy (non-hydrogen) atoms. The largest absolute Gasteiger partial charge is 0.378 e. The van der Waals surface area contributed by atoms with E-state index < -0.39 is 5.91 Å². The van der Waals surface area contributed by atoms with E-state index in [0.29, 0.717) is 11.9 Å². The van der Waals surface area contributed by atoms with Crippen molar-refractivity contribution in [1.29, 1.82) is 0 Å². The minimum atomic E-state index is -0.558. The van der Waals surface area contributed by atoms with E-state index in [1.165, 1.54) is 12.5 Å². The predicted octanol–water partition coefficient (Wildman–Crippen LogP) is 1.99. The zero-order valence-corrected chi connectivity index (χ0v) is 12.7. The average Bonchev–Trinajstić information content (AvgIpc) is 2.36. The molecule has 1 amide bonds. The first-order valence-corrected chi connectivity index (χ1v) is 7.66. The summed E-state index contributed by atoms with van der Waals surface area (Å²) in [5, 5.41) is 11.3. The number of carbonyl (C=O) groups is 1. The van der Waals surface area contributed by atoms with Crippen LogP contribution in [-0.4, -0.2) is 34.9 Å². The summed E-state index contributed by atoms with van der Waals surface area (Å²) >= 11 is 5.78. The first kappa shape index (κ1) is 14.5. The maximum atomic E-state index is 11.5. The fourth-order valence-corrected chi connectivity index (χ4v) is 3.62. The maximum Gasteiger partial charge on any atom is 0.252 e. The number of nitrogens with zero attached hydrogens (tertiary/aromatic N) is 2. The van der Waals surface area contributed by atoms with Crippen LogP contribution < -0.4 is 11.1 Å².